The molecule has 4 atom stereocenters. The Hall–Kier alpha value is -0.120. The van der Waals surface area contributed by atoms with Crippen LogP contribution in [0.25, 0.3) is 0 Å². The van der Waals surface area contributed by atoms with Crippen molar-refractivity contribution in [2.45, 2.75) is 71.0 Å². The second kappa shape index (κ2) is 5.25. The predicted octanol–water partition coefficient (Wildman–Crippen LogP) is 1.99. The van der Waals surface area contributed by atoms with Crippen molar-refractivity contribution in [3.05, 3.63) is 0 Å². The number of hydrogen-bond donors (Lipinski definition) is 2. The molecule has 1 rings (SSSR count). The molecular weight excluding hydrogens is 212 g/mol. The zero-order chi connectivity index (χ0) is 13.3. The zero-order valence-corrected chi connectivity index (χ0v) is 12.2. The summed E-state index contributed by atoms with van der Waals surface area (Å²) in [6, 6.07) is 0.264. The smallest absolute Gasteiger partial charge is 0.0558 e. The van der Waals surface area contributed by atoms with Gasteiger partial charge < -0.3 is 10.8 Å². The molecule has 0 spiro atoms. The number of aliphatic hydroxyl groups is 1. The molecule has 0 aromatic heterocycles. The van der Waals surface area contributed by atoms with Gasteiger partial charge in [0.2, 0.25) is 0 Å². The van der Waals surface area contributed by atoms with Crippen molar-refractivity contribution >= 4 is 0 Å². The van der Waals surface area contributed by atoms with Crippen molar-refractivity contribution in [2.75, 3.05) is 13.2 Å². The van der Waals surface area contributed by atoms with Crippen LogP contribution in [0.1, 0.15) is 53.9 Å². The van der Waals surface area contributed by atoms with Gasteiger partial charge in [0.1, 0.15) is 0 Å². The van der Waals surface area contributed by atoms with Crippen LogP contribution in [-0.2, 0) is 0 Å². The zero-order valence-electron chi connectivity index (χ0n) is 12.2. The molecule has 0 saturated carbocycles. The summed E-state index contributed by atoms with van der Waals surface area (Å²) in [4.78, 5) is 2.51. The predicted molar refractivity (Wildman–Crippen MR) is 72.9 cm³/mol. The summed E-state index contributed by atoms with van der Waals surface area (Å²) in [5, 5.41) is 9.35. The molecule has 17 heavy (non-hydrogen) atoms. The minimum absolute atomic E-state index is 0.102. The molecule has 4 unspecified atom stereocenters. The first-order chi connectivity index (χ1) is 7.85. The first kappa shape index (κ1) is 14.9. The number of hydrogen-bond acceptors (Lipinski definition) is 3. The highest BCUT2D eigenvalue weighted by molar-refractivity contribution is 5.07. The molecule has 1 saturated heterocycles. The van der Waals surface area contributed by atoms with Gasteiger partial charge in [-0.1, -0.05) is 20.8 Å². The van der Waals surface area contributed by atoms with Crippen LogP contribution in [0.15, 0.2) is 0 Å². The van der Waals surface area contributed by atoms with Crippen LogP contribution in [0.5, 0.6) is 0 Å². The van der Waals surface area contributed by atoms with E-state index in [1.165, 1.54) is 0 Å². The number of aliphatic hydroxyl groups excluding tert-OH is 1. The molecule has 1 aliphatic rings. The second-order valence-corrected chi connectivity index (χ2v) is 6.09. The highest BCUT2D eigenvalue weighted by atomic mass is 16.3. The van der Waals surface area contributed by atoms with E-state index in [1.54, 1.807) is 0 Å². The van der Waals surface area contributed by atoms with E-state index in [4.69, 9.17) is 5.73 Å². The Bertz CT molecular complexity index is 259. The van der Waals surface area contributed by atoms with Gasteiger partial charge >= 0.3 is 0 Å². The molecule has 0 aliphatic carbocycles. The summed E-state index contributed by atoms with van der Waals surface area (Å²) in [5.41, 5.74) is 6.58. The van der Waals surface area contributed by atoms with Crippen LogP contribution in [-0.4, -0.2) is 40.3 Å². The van der Waals surface area contributed by atoms with E-state index in [0.29, 0.717) is 5.92 Å². The number of nitrogens with two attached hydrogens (primary N) is 1. The SMILES string of the molecule is CCC1(C)CC(N)C(C)C(C)(CC)N1CCO. The summed E-state index contributed by atoms with van der Waals surface area (Å²) < 4.78 is 0. The van der Waals surface area contributed by atoms with Crippen molar-refractivity contribution in [2.24, 2.45) is 11.7 Å². The van der Waals surface area contributed by atoms with E-state index >= 15 is 0 Å². The number of likely N-dealkylation sites (tertiary alicyclic amines) is 1. The largest absolute Gasteiger partial charge is 0.395 e. The third-order valence-electron chi connectivity index (χ3n) is 5.37. The van der Waals surface area contributed by atoms with Crippen molar-refractivity contribution < 1.29 is 5.11 Å². The fourth-order valence-corrected chi connectivity index (χ4v) is 3.59. The fraction of sp³-hybridized carbons (Fsp3) is 1.00. The normalized spacial score (nSPS) is 43.9. The molecule has 3 heteroatoms. The molecular formula is C14H30N2O. The minimum Gasteiger partial charge on any atom is -0.395 e. The molecule has 1 heterocycles. The van der Waals surface area contributed by atoms with Gasteiger partial charge in [0.05, 0.1) is 6.61 Å². The lowest BCUT2D eigenvalue weighted by Gasteiger charge is -2.60. The van der Waals surface area contributed by atoms with Crippen molar-refractivity contribution in [3.8, 4) is 0 Å². The summed E-state index contributed by atoms with van der Waals surface area (Å²) in [6.07, 6.45) is 3.20. The van der Waals surface area contributed by atoms with Gasteiger partial charge in [0.25, 0.3) is 0 Å². The van der Waals surface area contributed by atoms with Crippen molar-refractivity contribution in [1.82, 2.24) is 4.90 Å². The Labute approximate surface area is 106 Å². The Balaban J connectivity index is 3.12. The number of β-amino-alcohol motifs (C(OH)–C–C–N with tert-alkyl or cyclic N) is 1. The standard InChI is InChI=1S/C14H30N2O/c1-6-13(4)10-12(15)11(3)14(5,7-2)16(13)8-9-17/h11-12,17H,6-10,15H2,1-5H3. The molecule has 0 aromatic carbocycles. The quantitative estimate of drug-likeness (QED) is 0.792. The number of rotatable bonds is 4. The summed E-state index contributed by atoms with van der Waals surface area (Å²) in [5.74, 6) is 0.471. The van der Waals surface area contributed by atoms with E-state index in [2.05, 4.69) is 39.5 Å². The monoisotopic (exact) mass is 242 g/mol. The lowest BCUT2D eigenvalue weighted by atomic mass is 9.67. The van der Waals surface area contributed by atoms with E-state index < -0.39 is 0 Å². The lowest BCUT2D eigenvalue weighted by molar-refractivity contribution is -0.0967. The number of piperidine rings is 1. The maximum atomic E-state index is 9.35. The van der Waals surface area contributed by atoms with Gasteiger partial charge in [-0.2, -0.15) is 0 Å². The topological polar surface area (TPSA) is 49.5 Å². The van der Waals surface area contributed by atoms with Crippen LogP contribution >= 0.6 is 0 Å². The maximum Gasteiger partial charge on any atom is 0.0558 e. The Morgan fingerprint density at radius 2 is 1.88 bits per heavy atom. The molecule has 0 bridgehead atoms. The van der Waals surface area contributed by atoms with Crippen LogP contribution in [0.4, 0.5) is 0 Å². The van der Waals surface area contributed by atoms with Gasteiger partial charge in [-0.25, -0.2) is 0 Å². The van der Waals surface area contributed by atoms with Gasteiger partial charge in [0.15, 0.2) is 0 Å². The molecule has 1 fully saturated rings. The number of nitrogens with zero attached hydrogens (tertiary/aromatic N) is 1. The van der Waals surface area contributed by atoms with Gasteiger partial charge in [0, 0.05) is 23.7 Å². The van der Waals surface area contributed by atoms with E-state index in [-0.39, 0.29) is 23.7 Å². The third-order valence-corrected chi connectivity index (χ3v) is 5.37. The van der Waals surface area contributed by atoms with Crippen molar-refractivity contribution in [1.29, 1.82) is 0 Å². The summed E-state index contributed by atoms with van der Waals surface area (Å²) in [7, 11) is 0. The van der Waals surface area contributed by atoms with Gasteiger partial charge in [-0.05, 0) is 39.0 Å². The van der Waals surface area contributed by atoms with Gasteiger partial charge in [-0.15, -0.1) is 0 Å². The Morgan fingerprint density at radius 3 is 2.29 bits per heavy atom. The molecule has 0 amide bonds. The average Bonchev–Trinajstić information content (AvgIpc) is 2.32. The highest BCUT2D eigenvalue weighted by Crippen LogP contribution is 2.44. The third kappa shape index (κ3) is 2.38. The summed E-state index contributed by atoms with van der Waals surface area (Å²) in [6.45, 7) is 12.3. The lowest BCUT2D eigenvalue weighted by Crippen LogP contribution is -2.69. The molecule has 3 nitrogen and oxygen atoms in total. The van der Waals surface area contributed by atoms with Crippen molar-refractivity contribution in [3.63, 3.8) is 0 Å². The first-order valence-electron chi connectivity index (χ1n) is 7.00. The maximum absolute atomic E-state index is 9.35. The van der Waals surface area contributed by atoms with Crippen LogP contribution in [0.2, 0.25) is 0 Å². The Kier molecular flexibility index (Phi) is 4.61. The Morgan fingerprint density at radius 1 is 1.29 bits per heavy atom. The molecule has 1 aliphatic heterocycles. The first-order valence-corrected chi connectivity index (χ1v) is 7.00. The van der Waals surface area contributed by atoms with E-state index in [1.807, 2.05) is 0 Å². The van der Waals surface area contributed by atoms with E-state index in [9.17, 15) is 5.11 Å². The van der Waals surface area contributed by atoms with Crippen LogP contribution < -0.4 is 5.73 Å². The van der Waals surface area contributed by atoms with E-state index in [0.717, 1.165) is 25.8 Å². The molecule has 0 radical (unpaired) electrons. The van der Waals surface area contributed by atoms with Crippen LogP contribution in [0, 0.1) is 5.92 Å². The second-order valence-electron chi connectivity index (χ2n) is 6.09. The van der Waals surface area contributed by atoms with Gasteiger partial charge in [-0.3, -0.25) is 4.90 Å². The fourth-order valence-electron chi connectivity index (χ4n) is 3.59. The molecule has 0 aromatic rings. The minimum atomic E-state index is 0.102. The molecule has 3 N–H and O–H groups in total. The highest BCUT2D eigenvalue weighted by Gasteiger charge is 2.51. The van der Waals surface area contributed by atoms with Crippen LogP contribution in [0.3, 0.4) is 0 Å². The average molecular weight is 242 g/mol. The summed E-state index contributed by atoms with van der Waals surface area (Å²) >= 11 is 0. The molecule has 102 valence electrons.